The summed E-state index contributed by atoms with van der Waals surface area (Å²) in [5.74, 6) is -1.00. The first kappa shape index (κ1) is 15.0. The fraction of sp³-hybridized carbons (Fsp3) is 0.357. The highest BCUT2D eigenvalue weighted by atomic mass is 19.1. The fourth-order valence-corrected chi connectivity index (χ4v) is 2.00. The molecular formula is C14H18FN5O. The quantitative estimate of drug-likeness (QED) is 0.707. The molecule has 0 spiro atoms. The third kappa shape index (κ3) is 3.56. The summed E-state index contributed by atoms with van der Waals surface area (Å²) in [5, 5.41) is 12.1. The molecule has 7 heteroatoms. The van der Waals surface area contributed by atoms with E-state index in [0.717, 1.165) is 24.1 Å². The summed E-state index contributed by atoms with van der Waals surface area (Å²) in [6.07, 6.45) is 4.75. The predicted molar refractivity (Wildman–Crippen MR) is 77.7 cm³/mol. The average molecular weight is 291 g/mol. The molecule has 0 unspecified atom stereocenters. The van der Waals surface area contributed by atoms with E-state index in [1.807, 2.05) is 6.92 Å². The molecule has 1 amide bonds. The van der Waals surface area contributed by atoms with Crippen LogP contribution in [0.25, 0.3) is 0 Å². The van der Waals surface area contributed by atoms with Crippen molar-refractivity contribution < 1.29 is 9.18 Å². The number of amides is 1. The molecule has 2 aromatic heterocycles. The van der Waals surface area contributed by atoms with Crippen molar-refractivity contribution in [3.63, 3.8) is 0 Å². The normalized spacial score (nSPS) is 10.4. The second kappa shape index (κ2) is 6.83. The van der Waals surface area contributed by atoms with Crippen molar-refractivity contribution >= 4 is 11.7 Å². The van der Waals surface area contributed by atoms with Gasteiger partial charge in [-0.1, -0.05) is 0 Å². The number of anilines is 1. The molecule has 0 aliphatic rings. The molecule has 2 rings (SSSR count). The minimum absolute atomic E-state index is 0.00570. The number of hydrogen-bond acceptors (Lipinski definition) is 4. The third-order valence-corrected chi connectivity index (χ3v) is 3.21. The zero-order valence-electron chi connectivity index (χ0n) is 12.0. The second-order valence-electron chi connectivity index (χ2n) is 4.65. The monoisotopic (exact) mass is 291 g/mol. The lowest BCUT2D eigenvalue weighted by Gasteiger charge is -2.08. The van der Waals surface area contributed by atoms with Crippen LogP contribution < -0.4 is 10.6 Å². The first-order chi connectivity index (χ1) is 10.1. The van der Waals surface area contributed by atoms with Crippen molar-refractivity contribution in [2.45, 2.75) is 19.8 Å². The molecule has 0 bridgehead atoms. The van der Waals surface area contributed by atoms with Crippen LogP contribution in [0.3, 0.4) is 0 Å². The molecule has 2 heterocycles. The Kier molecular flexibility index (Phi) is 4.86. The van der Waals surface area contributed by atoms with Crippen LogP contribution in [-0.4, -0.2) is 34.7 Å². The minimum Gasteiger partial charge on any atom is -0.371 e. The van der Waals surface area contributed by atoms with Crippen molar-refractivity contribution in [1.82, 2.24) is 20.5 Å². The molecule has 0 radical (unpaired) electrons. The number of aromatic amines is 1. The molecular weight excluding hydrogens is 273 g/mol. The van der Waals surface area contributed by atoms with E-state index in [4.69, 9.17) is 0 Å². The van der Waals surface area contributed by atoms with Gasteiger partial charge in [0.1, 0.15) is 0 Å². The van der Waals surface area contributed by atoms with E-state index in [1.54, 1.807) is 13.2 Å². The average Bonchev–Trinajstić information content (AvgIpc) is 2.89. The molecule has 112 valence electrons. The van der Waals surface area contributed by atoms with Crippen molar-refractivity contribution in [3.8, 4) is 0 Å². The van der Waals surface area contributed by atoms with Gasteiger partial charge in [0.05, 0.1) is 11.8 Å². The van der Waals surface area contributed by atoms with E-state index in [0.29, 0.717) is 6.54 Å². The molecule has 6 nitrogen and oxygen atoms in total. The predicted octanol–water partition coefficient (Wildman–Crippen LogP) is 1.66. The first-order valence-electron chi connectivity index (χ1n) is 6.72. The Hall–Kier alpha value is -2.44. The summed E-state index contributed by atoms with van der Waals surface area (Å²) in [7, 11) is 1.56. The van der Waals surface area contributed by atoms with Gasteiger partial charge in [-0.2, -0.15) is 5.10 Å². The molecule has 0 aliphatic carbocycles. The second-order valence-corrected chi connectivity index (χ2v) is 4.65. The molecule has 0 saturated heterocycles. The fourth-order valence-electron chi connectivity index (χ4n) is 2.00. The maximum atomic E-state index is 13.9. The topological polar surface area (TPSA) is 82.7 Å². The number of nitrogens with zero attached hydrogens (tertiary/aromatic N) is 2. The highest BCUT2D eigenvalue weighted by Gasteiger charge is 2.14. The van der Waals surface area contributed by atoms with Crippen LogP contribution in [0.5, 0.6) is 0 Å². The number of halogens is 1. The Morgan fingerprint density at radius 3 is 2.95 bits per heavy atom. The summed E-state index contributed by atoms with van der Waals surface area (Å²) in [4.78, 5) is 15.7. The van der Waals surface area contributed by atoms with Gasteiger partial charge in [-0.15, -0.1) is 0 Å². The van der Waals surface area contributed by atoms with Gasteiger partial charge in [0, 0.05) is 25.5 Å². The molecule has 3 N–H and O–H groups in total. The maximum absolute atomic E-state index is 13.9. The number of aryl methyl sites for hydroxylation is 2. The summed E-state index contributed by atoms with van der Waals surface area (Å²) < 4.78 is 13.9. The smallest absolute Gasteiger partial charge is 0.254 e. The van der Waals surface area contributed by atoms with Crippen LogP contribution in [0.4, 0.5) is 10.2 Å². The van der Waals surface area contributed by atoms with E-state index in [2.05, 4.69) is 25.8 Å². The number of pyridine rings is 1. The summed E-state index contributed by atoms with van der Waals surface area (Å²) in [6.45, 7) is 2.42. The first-order valence-corrected chi connectivity index (χ1v) is 6.72. The molecule has 0 aromatic carbocycles. The van der Waals surface area contributed by atoms with Crippen LogP contribution >= 0.6 is 0 Å². The summed E-state index contributed by atoms with van der Waals surface area (Å²) in [6, 6.07) is 1.37. The van der Waals surface area contributed by atoms with Crippen molar-refractivity contribution in [3.05, 3.63) is 41.1 Å². The van der Waals surface area contributed by atoms with E-state index in [9.17, 15) is 9.18 Å². The molecule has 0 aliphatic heterocycles. The summed E-state index contributed by atoms with van der Waals surface area (Å²) >= 11 is 0. The Morgan fingerprint density at radius 1 is 1.48 bits per heavy atom. The third-order valence-electron chi connectivity index (χ3n) is 3.21. The molecule has 0 fully saturated rings. The van der Waals surface area contributed by atoms with E-state index in [-0.39, 0.29) is 11.4 Å². The molecule has 21 heavy (non-hydrogen) atoms. The summed E-state index contributed by atoms with van der Waals surface area (Å²) in [5.41, 5.74) is 2.14. The van der Waals surface area contributed by atoms with Gasteiger partial charge in [-0.25, -0.2) is 9.37 Å². The lowest BCUT2D eigenvalue weighted by atomic mass is 10.1. The van der Waals surface area contributed by atoms with Gasteiger partial charge in [0.2, 0.25) is 0 Å². The van der Waals surface area contributed by atoms with E-state index < -0.39 is 11.7 Å². The Morgan fingerprint density at radius 2 is 2.29 bits per heavy atom. The largest absolute Gasteiger partial charge is 0.371 e. The van der Waals surface area contributed by atoms with Crippen molar-refractivity contribution in [1.29, 1.82) is 0 Å². The standard InChI is InChI=1S/C14H18FN5O/c1-9-10(8-19-20-9)4-3-6-18-14(21)11-5-7-17-13(16-2)12(11)15/h5,7-8H,3-4,6H2,1-2H3,(H,16,17)(H,18,21)(H,19,20). The van der Waals surface area contributed by atoms with Gasteiger partial charge in [-0.3, -0.25) is 9.89 Å². The maximum Gasteiger partial charge on any atom is 0.254 e. The Bertz CT molecular complexity index is 626. The number of aromatic nitrogens is 3. The van der Waals surface area contributed by atoms with Crippen LogP contribution in [0.15, 0.2) is 18.5 Å². The molecule has 0 saturated carbocycles. The number of hydrogen-bond donors (Lipinski definition) is 3. The van der Waals surface area contributed by atoms with E-state index in [1.165, 1.54) is 12.3 Å². The van der Waals surface area contributed by atoms with Crippen molar-refractivity contribution in [2.75, 3.05) is 18.9 Å². The number of rotatable bonds is 6. The number of H-pyrrole nitrogens is 1. The molecule has 2 aromatic rings. The lowest BCUT2D eigenvalue weighted by molar-refractivity contribution is 0.0949. The van der Waals surface area contributed by atoms with Crippen molar-refractivity contribution in [2.24, 2.45) is 0 Å². The highest BCUT2D eigenvalue weighted by molar-refractivity contribution is 5.95. The van der Waals surface area contributed by atoms with Gasteiger partial charge in [-0.05, 0) is 31.4 Å². The Balaban J connectivity index is 1.86. The van der Waals surface area contributed by atoms with Crippen LogP contribution in [0.2, 0.25) is 0 Å². The minimum atomic E-state index is -0.636. The van der Waals surface area contributed by atoms with E-state index >= 15 is 0 Å². The number of carbonyl (C=O) groups is 1. The highest BCUT2D eigenvalue weighted by Crippen LogP contribution is 2.14. The lowest BCUT2D eigenvalue weighted by Crippen LogP contribution is -2.26. The van der Waals surface area contributed by atoms with Gasteiger partial charge < -0.3 is 10.6 Å². The van der Waals surface area contributed by atoms with Crippen LogP contribution in [0, 0.1) is 12.7 Å². The number of nitrogens with one attached hydrogen (secondary N) is 3. The zero-order valence-corrected chi connectivity index (χ0v) is 12.0. The van der Waals surface area contributed by atoms with Crippen LogP contribution in [0.1, 0.15) is 28.0 Å². The van der Waals surface area contributed by atoms with Gasteiger partial charge >= 0.3 is 0 Å². The zero-order chi connectivity index (χ0) is 15.2. The number of carbonyl (C=O) groups excluding carboxylic acids is 1. The van der Waals surface area contributed by atoms with Crippen LogP contribution in [-0.2, 0) is 6.42 Å². The van der Waals surface area contributed by atoms with Gasteiger partial charge in [0.15, 0.2) is 11.6 Å². The SMILES string of the molecule is CNc1nccc(C(=O)NCCCc2cn[nH]c2C)c1F. The Labute approximate surface area is 122 Å². The van der Waals surface area contributed by atoms with Gasteiger partial charge in [0.25, 0.3) is 5.91 Å². The molecule has 0 atom stereocenters.